The second-order valence-corrected chi connectivity index (χ2v) is 11.5. The molecule has 0 bridgehead atoms. The predicted molar refractivity (Wildman–Crippen MR) is 124 cm³/mol. The Morgan fingerprint density at radius 3 is 2.23 bits per heavy atom. The number of carbonyl (C=O) groups excluding carboxylic acids is 1. The summed E-state index contributed by atoms with van der Waals surface area (Å²) in [6, 6.07) is 10.7. The van der Waals surface area contributed by atoms with Crippen LogP contribution in [0.15, 0.2) is 24.3 Å². The van der Waals surface area contributed by atoms with Crippen LogP contribution in [0.2, 0.25) is 0 Å². The minimum absolute atomic E-state index is 0.133. The third kappa shape index (κ3) is 4.65. The Hall–Kier alpha value is -1.55. The van der Waals surface area contributed by atoms with E-state index in [-0.39, 0.29) is 6.09 Å². The molecule has 0 N–H and O–H groups in total. The molecule has 1 unspecified atom stereocenters. The zero-order chi connectivity index (χ0) is 21.6. The number of piperidine rings is 1. The Labute approximate surface area is 188 Å². The van der Waals surface area contributed by atoms with Crippen molar-refractivity contribution in [3.05, 3.63) is 35.4 Å². The van der Waals surface area contributed by atoms with E-state index in [1.807, 2.05) is 25.7 Å². The van der Waals surface area contributed by atoms with Crippen molar-refractivity contribution >= 4 is 6.09 Å². The van der Waals surface area contributed by atoms with Crippen LogP contribution < -0.4 is 0 Å². The third-order valence-electron chi connectivity index (χ3n) is 8.14. The van der Waals surface area contributed by atoms with E-state index in [0.29, 0.717) is 6.04 Å². The van der Waals surface area contributed by atoms with Crippen molar-refractivity contribution in [2.75, 3.05) is 19.6 Å². The third-order valence-corrected chi connectivity index (χ3v) is 8.14. The van der Waals surface area contributed by atoms with Crippen LogP contribution in [0.5, 0.6) is 0 Å². The lowest BCUT2D eigenvalue weighted by Crippen LogP contribution is -2.49. The van der Waals surface area contributed by atoms with Gasteiger partial charge in [0, 0.05) is 25.2 Å². The van der Waals surface area contributed by atoms with Gasteiger partial charge < -0.3 is 9.64 Å². The second-order valence-electron chi connectivity index (χ2n) is 11.5. The van der Waals surface area contributed by atoms with Gasteiger partial charge in [0.2, 0.25) is 0 Å². The van der Waals surface area contributed by atoms with Gasteiger partial charge in [-0.1, -0.05) is 24.3 Å². The summed E-state index contributed by atoms with van der Waals surface area (Å²) in [4.78, 5) is 17.1. The minimum atomic E-state index is -0.403. The molecule has 2 aliphatic carbocycles. The van der Waals surface area contributed by atoms with Crippen molar-refractivity contribution < 1.29 is 9.53 Å². The zero-order valence-electron chi connectivity index (χ0n) is 19.7. The number of amides is 1. The topological polar surface area (TPSA) is 32.8 Å². The number of hydrogen-bond donors (Lipinski definition) is 0. The molecule has 5 rings (SSSR count). The standard InChI is InChI=1S/C27H40N2O2/c1-27(2,3)31-26(30)28-15-12-19(13-16-28)21-17-22(18-21)29-14-6-9-25(29)24-8-5-4-7-23(24)20-10-11-20/h4-5,7-8,19-22,25H,6,9-18H2,1-3H3. The molecule has 1 amide bonds. The first-order valence-electron chi connectivity index (χ1n) is 12.7. The van der Waals surface area contributed by atoms with E-state index in [2.05, 4.69) is 29.2 Å². The molecule has 2 saturated carbocycles. The molecule has 4 heteroatoms. The number of nitrogens with zero attached hydrogens (tertiary/aromatic N) is 2. The highest BCUT2D eigenvalue weighted by molar-refractivity contribution is 5.68. The van der Waals surface area contributed by atoms with Crippen molar-refractivity contribution in [3.8, 4) is 0 Å². The molecule has 1 aromatic carbocycles. The Kier molecular flexibility index (Phi) is 5.79. The van der Waals surface area contributed by atoms with E-state index in [9.17, 15) is 4.79 Å². The molecule has 0 spiro atoms. The van der Waals surface area contributed by atoms with Crippen LogP contribution >= 0.6 is 0 Å². The fourth-order valence-corrected chi connectivity index (χ4v) is 6.31. The predicted octanol–water partition coefficient (Wildman–Crippen LogP) is 6.13. The van der Waals surface area contributed by atoms with Gasteiger partial charge in [-0.25, -0.2) is 4.79 Å². The van der Waals surface area contributed by atoms with Crippen molar-refractivity contribution in [1.82, 2.24) is 9.80 Å². The van der Waals surface area contributed by atoms with E-state index in [4.69, 9.17) is 4.74 Å². The van der Waals surface area contributed by atoms with Crippen molar-refractivity contribution in [3.63, 3.8) is 0 Å². The number of ether oxygens (including phenoxy) is 1. The summed E-state index contributed by atoms with van der Waals surface area (Å²) < 4.78 is 5.56. The van der Waals surface area contributed by atoms with Crippen LogP contribution in [0.25, 0.3) is 0 Å². The molecule has 1 aromatic rings. The van der Waals surface area contributed by atoms with Crippen LogP contribution in [-0.4, -0.2) is 47.2 Å². The second kappa shape index (κ2) is 8.42. The van der Waals surface area contributed by atoms with Crippen LogP contribution in [-0.2, 0) is 4.74 Å². The smallest absolute Gasteiger partial charge is 0.410 e. The van der Waals surface area contributed by atoms with E-state index >= 15 is 0 Å². The SMILES string of the molecule is CC(C)(C)OC(=O)N1CCC(C2CC(N3CCCC3c3ccccc3C3CC3)C2)CC1. The summed E-state index contributed by atoms with van der Waals surface area (Å²) in [5, 5.41) is 0. The van der Waals surface area contributed by atoms with Gasteiger partial charge in [0.05, 0.1) is 0 Å². The molecule has 170 valence electrons. The number of likely N-dealkylation sites (tertiary alicyclic amines) is 2. The average molecular weight is 425 g/mol. The molecule has 2 aliphatic heterocycles. The van der Waals surface area contributed by atoms with Crippen molar-refractivity contribution in [1.29, 1.82) is 0 Å². The first-order valence-corrected chi connectivity index (χ1v) is 12.7. The molecule has 0 radical (unpaired) electrons. The van der Waals surface area contributed by atoms with Gasteiger partial charge in [0.1, 0.15) is 5.60 Å². The first-order chi connectivity index (χ1) is 14.9. The lowest BCUT2D eigenvalue weighted by Gasteiger charge is -2.48. The monoisotopic (exact) mass is 424 g/mol. The number of carbonyl (C=O) groups is 1. The first kappa shape index (κ1) is 21.3. The summed E-state index contributed by atoms with van der Waals surface area (Å²) in [5.74, 6) is 2.48. The van der Waals surface area contributed by atoms with Crippen LogP contribution in [0.1, 0.15) is 95.2 Å². The Morgan fingerprint density at radius 2 is 1.58 bits per heavy atom. The lowest BCUT2D eigenvalue weighted by atomic mass is 9.68. The van der Waals surface area contributed by atoms with Gasteiger partial charge >= 0.3 is 6.09 Å². The number of rotatable bonds is 4. The highest BCUT2D eigenvalue weighted by Crippen LogP contribution is 2.49. The van der Waals surface area contributed by atoms with E-state index in [0.717, 1.165) is 49.7 Å². The highest BCUT2D eigenvalue weighted by Gasteiger charge is 2.44. The molecule has 4 aliphatic rings. The Morgan fingerprint density at radius 1 is 0.903 bits per heavy atom. The maximum absolute atomic E-state index is 12.3. The summed E-state index contributed by atoms with van der Waals surface area (Å²) in [6.45, 7) is 8.84. The average Bonchev–Trinajstić information content (AvgIpc) is 3.44. The van der Waals surface area contributed by atoms with Crippen molar-refractivity contribution in [2.24, 2.45) is 11.8 Å². The van der Waals surface area contributed by atoms with Crippen LogP contribution in [0, 0.1) is 11.8 Å². The van der Waals surface area contributed by atoms with Gasteiger partial charge in [-0.15, -0.1) is 0 Å². The Bertz CT molecular complexity index is 783. The number of hydrogen-bond acceptors (Lipinski definition) is 3. The maximum atomic E-state index is 12.3. The molecular formula is C27H40N2O2. The lowest BCUT2D eigenvalue weighted by molar-refractivity contribution is -0.00105. The molecule has 2 saturated heterocycles. The largest absolute Gasteiger partial charge is 0.444 e. The maximum Gasteiger partial charge on any atom is 0.410 e. The molecule has 0 aromatic heterocycles. The quantitative estimate of drug-likeness (QED) is 0.583. The van der Waals surface area contributed by atoms with E-state index in [1.165, 1.54) is 45.1 Å². The molecule has 4 nitrogen and oxygen atoms in total. The molecule has 31 heavy (non-hydrogen) atoms. The van der Waals surface area contributed by atoms with Gasteiger partial charge in [0.15, 0.2) is 0 Å². The molecule has 2 heterocycles. The van der Waals surface area contributed by atoms with Gasteiger partial charge in [-0.2, -0.15) is 0 Å². The minimum Gasteiger partial charge on any atom is -0.444 e. The zero-order valence-corrected chi connectivity index (χ0v) is 19.7. The summed E-state index contributed by atoms with van der Waals surface area (Å²) in [5.41, 5.74) is 2.88. The van der Waals surface area contributed by atoms with Gasteiger partial charge in [0.25, 0.3) is 0 Å². The molecular weight excluding hydrogens is 384 g/mol. The fourth-order valence-electron chi connectivity index (χ4n) is 6.31. The van der Waals surface area contributed by atoms with Crippen LogP contribution in [0.3, 0.4) is 0 Å². The van der Waals surface area contributed by atoms with Crippen LogP contribution in [0.4, 0.5) is 4.79 Å². The number of benzene rings is 1. The Balaban J connectivity index is 1.13. The highest BCUT2D eigenvalue weighted by atomic mass is 16.6. The molecule has 4 fully saturated rings. The van der Waals surface area contributed by atoms with Crippen molar-refractivity contribution in [2.45, 2.75) is 95.7 Å². The fraction of sp³-hybridized carbons (Fsp3) is 0.741. The normalized spacial score (nSPS) is 30.3. The summed E-state index contributed by atoms with van der Waals surface area (Å²) >= 11 is 0. The van der Waals surface area contributed by atoms with E-state index in [1.54, 1.807) is 11.1 Å². The van der Waals surface area contributed by atoms with Gasteiger partial charge in [-0.3, -0.25) is 4.90 Å². The summed E-state index contributed by atoms with van der Waals surface area (Å²) in [7, 11) is 0. The van der Waals surface area contributed by atoms with Gasteiger partial charge in [-0.05, 0) is 108 Å². The molecule has 1 atom stereocenters. The van der Waals surface area contributed by atoms with E-state index < -0.39 is 5.60 Å². The summed E-state index contributed by atoms with van der Waals surface area (Å²) in [6.07, 6.45) is 10.3.